The Morgan fingerprint density at radius 2 is 1.70 bits per heavy atom. The lowest BCUT2D eigenvalue weighted by molar-refractivity contribution is -0.140. The van der Waals surface area contributed by atoms with Gasteiger partial charge in [0.15, 0.2) is 0 Å². The van der Waals surface area contributed by atoms with Gasteiger partial charge in [-0.2, -0.15) is 0 Å². The molecule has 0 aliphatic carbocycles. The molecule has 0 saturated carbocycles. The number of carbonyl (C=O) groups excluding carboxylic acids is 2. The van der Waals surface area contributed by atoms with Crippen LogP contribution in [0.4, 0.5) is 5.69 Å². The number of nitrogens with one attached hydrogen (secondary N) is 1. The maximum absolute atomic E-state index is 13.2. The van der Waals surface area contributed by atoms with Crippen molar-refractivity contribution in [1.29, 1.82) is 0 Å². The van der Waals surface area contributed by atoms with E-state index in [2.05, 4.69) is 5.32 Å². The van der Waals surface area contributed by atoms with Gasteiger partial charge in [-0.1, -0.05) is 42.0 Å². The number of likely N-dealkylation sites (N-methyl/N-ethyl adjacent to an activating group) is 1. The highest BCUT2D eigenvalue weighted by molar-refractivity contribution is 7.92. The Labute approximate surface area is 197 Å². The van der Waals surface area contributed by atoms with Crippen molar-refractivity contribution < 1.29 is 18.0 Å². The molecular weight excluding hydrogens is 438 g/mol. The predicted molar refractivity (Wildman–Crippen MR) is 133 cm³/mol. The standard InChI is InChI=1S/C25H35N3O4S/c1-18-9-7-10-22(15-18)17-27(21(4)25(30)26-5)24(29)11-8-14-28(33(6,31)32)23-16-19(2)12-13-20(23)3/h7,9-10,12-13,15-16,21H,8,11,14,17H2,1-6H3,(H,26,30)/t21-/m1/s1. The first kappa shape index (κ1) is 26.4. The third-order valence-electron chi connectivity index (χ3n) is 5.63. The molecule has 0 radical (unpaired) electrons. The van der Waals surface area contributed by atoms with E-state index in [1.54, 1.807) is 18.9 Å². The number of carbonyl (C=O) groups is 2. The molecule has 0 saturated heterocycles. The van der Waals surface area contributed by atoms with Gasteiger partial charge in [-0.3, -0.25) is 13.9 Å². The van der Waals surface area contributed by atoms with E-state index in [1.807, 2.05) is 63.2 Å². The summed E-state index contributed by atoms with van der Waals surface area (Å²) in [6.45, 7) is 7.95. The smallest absolute Gasteiger partial charge is 0.242 e. The molecule has 0 fully saturated rings. The van der Waals surface area contributed by atoms with Crippen LogP contribution >= 0.6 is 0 Å². The molecule has 2 rings (SSSR count). The molecule has 0 aliphatic heterocycles. The van der Waals surface area contributed by atoms with Gasteiger partial charge >= 0.3 is 0 Å². The molecule has 7 nitrogen and oxygen atoms in total. The summed E-state index contributed by atoms with van der Waals surface area (Å²) >= 11 is 0. The average Bonchev–Trinajstić information content (AvgIpc) is 2.75. The van der Waals surface area contributed by atoms with Crippen molar-refractivity contribution in [2.45, 2.75) is 53.1 Å². The number of rotatable bonds is 10. The SMILES string of the molecule is CNC(=O)[C@@H](C)N(Cc1cccc(C)c1)C(=O)CCCN(c1cc(C)ccc1C)S(C)(=O)=O. The minimum Gasteiger partial charge on any atom is -0.357 e. The van der Waals surface area contributed by atoms with Crippen LogP contribution in [0, 0.1) is 20.8 Å². The Morgan fingerprint density at radius 1 is 1.03 bits per heavy atom. The van der Waals surface area contributed by atoms with Crippen LogP contribution in [0.15, 0.2) is 42.5 Å². The molecule has 0 aliphatic rings. The summed E-state index contributed by atoms with van der Waals surface area (Å²) in [7, 11) is -1.97. The third-order valence-corrected chi connectivity index (χ3v) is 6.81. The first-order valence-corrected chi connectivity index (χ1v) is 12.9. The molecule has 0 heterocycles. The lowest BCUT2D eigenvalue weighted by Crippen LogP contribution is -2.46. The maximum atomic E-state index is 13.2. The van der Waals surface area contributed by atoms with E-state index in [1.165, 1.54) is 10.6 Å². The largest absolute Gasteiger partial charge is 0.357 e. The fraction of sp³-hybridized carbons (Fsp3) is 0.440. The topological polar surface area (TPSA) is 86.8 Å². The van der Waals surface area contributed by atoms with Crippen LogP contribution in [-0.4, -0.2) is 51.0 Å². The zero-order valence-electron chi connectivity index (χ0n) is 20.4. The molecular formula is C25H35N3O4S. The Hall–Kier alpha value is -2.87. The second-order valence-corrected chi connectivity index (χ2v) is 10.4. The summed E-state index contributed by atoms with van der Waals surface area (Å²) in [5.74, 6) is -0.439. The van der Waals surface area contributed by atoms with Gasteiger partial charge in [-0.05, 0) is 56.9 Å². The number of aryl methyl sites for hydroxylation is 3. The molecule has 0 bridgehead atoms. The zero-order chi connectivity index (χ0) is 24.8. The van der Waals surface area contributed by atoms with Crippen molar-refractivity contribution in [3.05, 3.63) is 64.7 Å². The predicted octanol–water partition coefficient (Wildman–Crippen LogP) is 3.32. The number of benzene rings is 2. The summed E-state index contributed by atoms with van der Waals surface area (Å²) < 4.78 is 26.3. The summed E-state index contributed by atoms with van der Waals surface area (Å²) in [5, 5.41) is 2.60. The van der Waals surface area contributed by atoms with E-state index in [-0.39, 0.29) is 24.8 Å². The minimum absolute atomic E-state index is 0.129. The van der Waals surface area contributed by atoms with Gasteiger partial charge in [0.25, 0.3) is 0 Å². The molecule has 2 aromatic rings. The maximum Gasteiger partial charge on any atom is 0.242 e. The van der Waals surface area contributed by atoms with Crippen LogP contribution in [0.1, 0.15) is 42.0 Å². The van der Waals surface area contributed by atoms with Crippen LogP contribution in [-0.2, 0) is 26.2 Å². The highest BCUT2D eigenvalue weighted by Crippen LogP contribution is 2.24. The monoisotopic (exact) mass is 473 g/mol. The lowest BCUT2D eigenvalue weighted by Gasteiger charge is -2.29. The van der Waals surface area contributed by atoms with Crippen LogP contribution in [0.5, 0.6) is 0 Å². The minimum atomic E-state index is -3.52. The first-order chi connectivity index (χ1) is 15.4. The van der Waals surface area contributed by atoms with E-state index in [0.717, 1.165) is 22.3 Å². The second-order valence-electron chi connectivity index (χ2n) is 8.53. The number of anilines is 1. The molecule has 8 heteroatoms. The summed E-state index contributed by atoms with van der Waals surface area (Å²) in [6.07, 6.45) is 1.64. The Bertz CT molecular complexity index is 1100. The van der Waals surface area contributed by atoms with Crippen LogP contribution < -0.4 is 9.62 Å². The van der Waals surface area contributed by atoms with Crippen molar-refractivity contribution >= 4 is 27.5 Å². The Balaban J connectivity index is 2.18. The molecule has 1 N–H and O–H groups in total. The fourth-order valence-corrected chi connectivity index (χ4v) is 4.78. The van der Waals surface area contributed by atoms with Crippen molar-refractivity contribution in [3.8, 4) is 0 Å². The van der Waals surface area contributed by atoms with E-state index >= 15 is 0 Å². The van der Waals surface area contributed by atoms with Crippen LogP contribution in [0.3, 0.4) is 0 Å². The molecule has 2 aromatic carbocycles. The van der Waals surface area contributed by atoms with Gasteiger partial charge in [0, 0.05) is 26.6 Å². The molecule has 0 spiro atoms. The van der Waals surface area contributed by atoms with E-state index < -0.39 is 16.1 Å². The second kappa shape index (κ2) is 11.3. The van der Waals surface area contributed by atoms with Gasteiger partial charge in [-0.25, -0.2) is 8.42 Å². The highest BCUT2D eigenvalue weighted by Gasteiger charge is 2.26. The van der Waals surface area contributed by atoms with Gasteiger partial charge in [0.2, 0.25) is 21.8 Å². The first-order valence-electron chi connectivity index (χ1n) is 11.1. The molecule has 0 aromatic heterocycles. The normalized spacial score (nSPS) is 12.2. The highest BCUT2D eigenvalue weighted by atomic mass is 32.2. The number of sulfonamides is 1. The third kappa shape index (κ3) is 7.32. The molecule has 33 heavy (non-hydrogen) atoms. The van der Waals surface area contributed by atoms with E-state index in [9.17, 15) is 18.0 Å². The lowest BCUT2D eigenvalue weighted by atomic mass is 10.1. The van der Waals surface area contributed by atoms with Gasteiger partial charge < -0.3 is 10.2 Å². The fourth-order valence-electron chi connectivity index (χ4n) is 3.77. The Kier molecular flexibility index (Phi) is 9.05. The summed E-state index contributed by atoms with van der Waals surface area (Å²) in [6, 6.07) is 12.8. The molecule has 0 unspecified atom stereocenters. The molecule has 1 atom stereocenters. The number of amides is 2. The van der Waals surface area contributed by atoms with Crippen LogP contribution in [0.2, 0.25) is 0 Å². The van der Waals surface area contributed by atoms with Crippen molar-refractivity contribution in [2.24, 2.45) is 0 Å². The molecule has 180 valence electrons. The van der Waals surface area contributed by atoms with Crippen molar-refractivity contribution in [2.75, 3.05) is 24.2 Å². The van der Waals surface area contributed by atoms with Gasteiger partial charge in [-0.15, -0.1) is 0 Å². The number of hydrogen-bond acceptors (Lipinski definition) is 4. The van der Waals surface area contributed by atoms with Gasteiger partial charge in [0.1, 0.15) is 6.04 Å². The van der Waals surface area contributed by atoms with Crippen molar-refractivity contribution in [1.82, 2.24) is 10.2 Å². The Morgan fingerprint density at radius 3 is 2.30 bits per heavy atom. The summed E-state index contributed by atoms with van der Waals surface area (Å²) in [4.78, 5) is 27.0. The summed E-state index contributed by atoms with van der Waals surface area (Å²) in [5.41, 5.74) is 4.45. The number of nitrogens with zero attached hydrogens (tertiary/aromatic N) is 2. The quantitative estimate of drug-likeness (QED) is 0.574. The van der Waals surface area contributed by atoms with Crippen molar-refractivity contribution in [3.63, 3.8) is 0 Å². The van der Waals surface area contributed by atoms with E-state index in [4.69, 9.17) is 0 Å². The zero-order valence-corrected chi connectivity index (χ0v) is 21.2. The average molecular weight is 474 g/mol. The van der Waals surface area contributed by atoms with E-state index in [0.29, 0.717) is 18.7 Å². The molecule has 2 amide bonds. The number of hydrogen-bond donors (Lipinski definition) is 1. The van der Waals surface area contributed by atoms with Crippen LogP contribution in [0.25, 0.3) is 0 Å². The van der Waals surface area contributed by atoms with Gasteiger partial charge in [0.05, 0.1) is 11.9 Å².